The van der Waals surface area contributed by atoms with Gasteiger partial charge in [-0.3, -0.25) is 4.79 Å². The molecule has 1 atom stereocenters. The van der Waals surface area contributed by atoms with Gasteiger partial charge in [0.25, 0.3) is 0 Å². The molecule has 0 spiro atoms. The van der Waals surface area contributed by atoms with Crippen LogP contribution in [-0.2, 0) is 11.2 Å². The zero-order valence-corrected chi connectivity index (χ0v) is 14.2. The molecule has 0 aromatic heterocycles. The number of carbonyl (C=O) groups excluding carboxylic acids is 1. The monoisotopic (exact) mass is 340 g/mol. The minimum Gasteiger partial charge on any atom is -0.338 e. The number of nitrogens with one attached hydrogen (secondary N) is 1. The molecule has 1 fully saturated rings. The lowest BCUT2D eigenvalue weighted by Gasteiger charge is -2.36. The van der Waals surface area contributed by atoms with Gasteiger partial charge in [0.15, 0.2) is 0 Å². The van der Waals surface area contributed by atoms with Gasteiger partial charge in [-0.2, -0.15) is 0 Å². The molecule has 1 amide bonds. The van der Waals surface area contributed by atoms with Crippen LogP contribution >= 0.6 is 23.2 Å². The van der Waals surface area contributed by atoms with Crippen LogP contribution in [0.5, 0.6) is 0 Å². The van der Waals surface area contributed by atoms with E-state index in [9.17, 15) is 4.79 Å². The van der Waals surface area contributed by atoms with Gasteiger partial charge in [-0.15, -0.1) is 6.58 Å². The zero-order valence-electron chi connectivity index (χ0n) is 12.7. The lowest BCUT2D eigenvalue weighted by molar-refractivity contribution is -0.134. The van der Waals surface area contributed by atoms with E-state index in [2.05, 4.69) is 11.9 Å². The maximum Gasteiger partial charge on any atom is 0.227 e. The predicted molar refractivity (Wildman–Crippen MR) is 92.6 cm³/mol. The lowest BCUT2D eigenvalue weighted by atomic mass is 10.0. The predicted octanol–water partition coefficient (Wildman–Crippen LogP) is 3.69. The highest BCUT2D eigenvalue weighted by Crippen LogP contribution is 2.24. The number of hydrogen-bond acceptors (Lipinski definition) is 2. The standard InChI is InChI=1S/C17H22Cl2N2O/c1-2-8-20-12-14-5-3-4-9-21(14)17(22)11-13-6-7-15(18)16(19)10-13/h2,6-7,10,14,20H,1,3-5,8-9,11-12H2. The first-order chi connectivity index (χ1) is 10.6. The van der Waals surface area contributed by atoms with Gasteiger partial charge in [0.2, 0.25) is 5.91 Å². The highest BCUT2D eigenvalue weighted by atomic mass is 35.5. The Morgan fingerprint density at radius 3 is 2.91 bits per heavy atom. The van der Waals surface area contributed by atoms with E-state index in [1.165, 1.54) is 6.42 Å². The van der Waals surface area contributed by atoms with Crippen molar-refractivity contribution in [2.24, 2.45) is 0 Å². The van der Waals surface area contributed by atoms with Crippen LogP contribution in [0.3, 0.4) is 0 Å². The molecule has 1 saturated heterocycles. The minimum atomic E-state index is 0.156. The third-order valence-corrected chi connectivity index (χ3v) is 4.69. The number of benzene rings is 1. The lowest BCUT2D eigenvalue weighted by Crippen LogP contribution is -2.49. The van der Waals surface area contributed by atoms with E-state index in [1.54, 1.807) is 12.1 Å². The fourth-order valence-corrected chi connectivity index (χ4v) is 3.14. The van der Waals surface area contributed by atoms with Crippen LogP contribution in [0, 0.1) is 0 Å². The Balaban J connectivity index is 1.98. The third-order valence-electron chi connectivity index (χ3n) is 3.96. The summed E-state index contributed by atoms with van der Waals surface area (Å²) >= 11 is 11.9. The molecule has 1 aliphatic rings. The van der Waals surface area contributed by atoms with Gasteiger partial charge >= 0.3 is 0 Å². The van der Waals surface area contributed by atoms with Gasteiger partial charge in [-0.1, -0.05) is 35.3 Å². The molecule has 0 bridgehead atoms. The number of hydrogen-bond donors (Lipinski definition) is 1. The first-order valence-electron chi connectivity index (χ1n) is 7.67. The van der Waals surface area contributed by atoms with Crippen LogP contribution in [0.25, 0.3) is 0 Å². The molecule has 1 unspecified atom stereocenters. The second-order valence-corrected chi connectivity index (χ2v) is 6.42. The molecule has 0 saturated carbocycles. The van der Waals surface area contributed by atoms with Crippen molar-refractivity contribution in [2.75, 3.05) is 19.6 Å². The van der Waals surface area contributed by atoms with Crippen LogP contribution in [-0.4, -0.2) is 36.5 Å². The topological polar surface area (TPSA) is 32.3 Å². The highest BCUT2D eigenvalue weighted by molar-refractivity contribution is 6.42. The van der Waals surface area contributed by atoms with Crippen molar-refractivity contribution in [3.63, 3.8) is 0 Å². The average Bonchev–Trinajstić information content (AvgIpc) is 2.51. The number of amides is 1. The maximum atomic E-state index is 12.6. The van der Waals surface area contributed by atoms with E-state index in [-0.39, 0.29) is 11.9 Å². The summed E-state index contributed by atoms with van der Waals surface area (Å²) in [6, 6.07) is 5.65. The normalized spacial score (nSPS) is 18.3. The molecule has 1 heterocycles. The third kappa shape index (κ3) is 4.73. The quantitative estimate of drug-likeness (QED) is 0.632. The minimum absolute atomic E-state index is 0.156. The Morgan fingerprint density at radius 2 is 2.18 bits per heavy atom. The molecule has 0 aliphatic carbocycles. The Hall–Kier alpha value is -1.03. The van der Waals surface area contributed by atoms with Gasteiger partial charge < -0.3 is 10.2 Å². The first-order valence-corrected chi connectivity index (χ1v) is 8.42. The summed E-state index contributed by atoms with van der Waals surface area (Å²) in [5.41, 5.74) is 0.905. The molecule has 5 heteroatoms. The summed E-state index contributed by atoms with van der Waals surface area (Å²) in [6.07, 6.45) is 5.51. The van der Waals surface area contributed by atoms with Gasteiger partial charge in [0.1, 0.15) is 0 Å². The second-order valence-electron chi connectivity index (χ2n) is 5.61. The Morgan fingerprint density at radius 1 is 1.36 bits per heavy atom. The van der Waals surface area contributed by atoms with Crippen molar-refractivity contribution in [3.8, 4) is 0 Å². The van der Waals surface area contributed by atoms with Gasteiger partial charge in [0, 0.05) is 25.7 Å². The van der Waals surface area contributed by atoms with Crippen molar-refractivity contribution in [1.29, 1.82) is 0 Å². The fourth-order valence-electron chi connectivity index (χ4n) is 2.82. The van der Waals surface area contributed by atoms with Gasteiger partial charge in [-0.25, -0.2) is 0 Å². The smallest absolute Gasteiger partial charge is 0.227 e. The molecular weight excluding hydrogens is 319 g/mol. The van der Waals surface area contributed by atoms with E-state index in [1.807, 2.05) is 17.0 Å². The number of piperidine rings is 1. The van der Waals surface area contributed by atoms with E-state index in [0.717, 1.165) is 38.0 Å². The highest BCUT2D eigenvalue weighted by Gasteiger charge is 2.26. The van der Waals surface area contributed by atoms with E-state index >= 15 is 0 Å². The van der Waals surface area contributed by atoms with E-state index in [0.29, 0.717) is 16.5 Å². The molecule has 1 aliphatic heterocycles. The Labute approximate surface area is 142 Å². The summed E-state index contributed by atoms with van der Waals surface area (Å²) in [7, 11) is 0. The largest absolute Gasteiger partial charge is 0.338 e. The van der Waals surface area contributed by atoms with Crippen LogP contribution in [0.4, 0.5) is 0 Å². The molecule has 0 radical (unpaired) electrons. The Bertz CT molecular complexity index is 533. The van der Waals surface area contributed by atoms with Crippen LogP contribution in [0.1, 0.15) is 24.8 Å². The summed E-state index contributed by atoms with van der Waals surface area (Å²) in [5.74, 6) is 0.156. The molecule has 22 heavy (non-hydrogen) atoms. The van der Waals surface area contributed by atoms with E-state index in [4.69, 9.17) is 23.2 Å². The van der Waals surface area contributed by atoms with Gasteiger partial charge in [0.05, 0.1) is 16.5 Å². The number of rotatable bonds is 6. The van der Waals surface area contributed by atoms with Gasteiger partial charge in [-0.05, 0) is 37.0 Å². The van der Waals surface area contributed by atoms with Crippen molar-refractivity contribution < 1.29 is 4.79 Å². The molecule has 3 nitrogen and oxygen atoms in total. The summed E-state index contributed by atoms with van der Waals surface area (Å²) < 4.78 is 0. The molecule has 2 rings (SSSR count). The summed E-state index contributed by atoms with van der Waals surface area (Å²) in [4.78, 5) is 14.6. The molecule has 1 N–H and O–H groups in total. The summed E-state index contributed by atoms with van der Waals surface area (Å²) in [5, 5.41) is 4.33. The van der Waals surface area contributed by atoms with Crippen molar-refractivity contribution >= 4 is 29.1 Å². The van der Waals surface area contributed by atoms with E-state index < -0.39 is 0 Å². The number of halogens is 2. The van der Waals surface area contributed by atoms with Crippen LogP contribution < -0.4 is 5.32 Å². The van der Waals surface area contributed by atoms with Crippen LogP contribution in [0.2, 0.25) is 10.0 Å². The SMILES string of the molecule is C=CCNCC1CCCCN1C(=O)Cc1ccc(Cl)c(Cl)c1. The average molecular weight is 341 g/mol. The van der Waals surface area contributed by atoms with Crippen molar-refractivity contribution in [2.45, 2.75) is 31.7 Å². The van der Waals surface area contributed by atoms with Crippen molar-refractivity contribution in [1.82, 2.24) is 10.2 Å². The zero-order chi connectivity index (χ0) is 15.9. The number of likely N-dealkylation sites (tertiary alicyclic amines) is 1. The van der Waals surface area contributed by atoms with Crippen LogP contribution in [0.15, 0.2) is 30.9 Å². The molecule has 1 aromatic carbocycles. The number of carbonyl (C=O) groups is 1. The Kier molecular flexibility index (Phi) is 6.74. The van der Waals surface area contributed by atoms with Crippen molar-refractivity contribution in [3.05, 3.63) is 46.5 Å². The fraction of sp³-hybridized carbons (Fsp3) is 0.471. The molecule has 120 valence electrons. The number of nitrogens with zero attached hydrogens (tertiary/aromatic N) is 1. The molecular formula is C17H22Cl2N2O. The first kappa shape index (κ1) is 17.3. The molecule has 1 aromatic rings. The second kappa shape index (κ2) is 8.56. The maximum absolute atomic E-state index is 12.6. The summed E-state index contributed by atoms with van der Waals surface area (Å²) in [6.45, 7) is 6.12.